The van der Waals surface area contributed by atoms with Crippen molar-refractivity contribution < 1.29 is 37.2 Å². The molecule has 0 amide bonds. The molecule has 0 bridgehead atoms. The maximum Gasteiger partial charge on any atom is 0.495 e. The van der Waals surface area contributed by atoms with Gasteiger partial charge in [0.15, 0.2) is 11.4 Å². The van der Waals surface area contributed by atoms with Gasteiger partial charge in [-0.1, -0.05) is 54.6 Å². The summed E-state index contributed by atoms with van der Waals surface area (Å²) in [5, 5.41) is 20.7. The smallest absolute Gasteiger partial charge is 0.399 e. The summed E-state index contributed by atoms with van der Waals surface area (Å²) in [6.45, 7) is 29.3. The molecular formula is C38H40B2F2N4O8. The summed E-state index contributed by atoms with van der Waals surface area (Å²) in [5.74, 6) is -0.892. The zero-order valence-corrected chi connectivity index (χ0v) is 31.2. The van der Waals surface area contributed by atoms with Crippen LogP contribution in [-0.2, 0) is 18.6 Å². The van der Waals surface area contributed by atoms with Crippen LogP contribution in [0.3, 0.4) is 0 Å². The molecule has 0 aliphatic carbocycles. The summed E-state index contributed by atoms with van der Waals surface area (Å²) in [4.78, 5) is 26.1. The Kier molecular flexibility index (Phi) is 13.9. The van der Waals surface area contributed by atoms with E-state index in [1.165, 1.54) is 48.5 Å². The van der Waals surface area contributed by atoms with Crippen LogP contribution in [0, 0.1) is 45.0 Å². The molecule has 6 rings (SSSR count). The van der Waals surface area contributed by atoms with Crippen LogP contribution in [-0.4, -0.2) is 46.5 Å². The van der Waals surface area contributed by atoms with Gasteiger partial charge in [-0.3, -0.25) is 20.2 Å². The summed E-state index contributed by atoms with van der Waals surface area (Å²) in [7, 11) is -0.908. The van der Waals surface area contributed by atoms with Gasteiger partial charge in [0.25, 0.3) is 11.4 Å². The van der Waals surface area contributed by atoms with Crippen molar-refractivity contribution in [1.82, 2.24) is 0 Å². The van der Waals surface area contributed by atoms with E-state index in [2.05, 4.69) is 9.69 Å². The maximum atomic E-state index is 12.2. The van der Waals surface area contributed by atoms with E-state index in [1.807, 2.05) is 67.5 Å². The molecule has 12 nitrogen and oxygen atoms in total. The highest BCUT2D eigenvalue weighted by Gasteiger charge is 2.52. The second-order valence-corrected chi connectivity index (χ2v) is 14.1. The number of nitro benzene ring substituents is 2. The van der Waals surface area contributed by atoms with Gasteiger partial charge in [-0.15, -0.1) is 0 Å². The van der Waals surface area contributed by atoms with Crippen LogP contribution in [0.2, 0.25) is 0 Å². The molecule has 0 atom stereocenters. The van der Waals surface area contributed by atoms with Crippen molar-refractivity contribution in [2.75, 3.05) is 0 Å². The summed E-state index contributed by atoms with van der Waals surface area (Å²) < 4.78 is 47.9. The number of hydrogen-bond donors (Lipinski definition) is 0. The molecule has 2 saturated heterocycles. The van der Waals surface area contributed by atoms with Crippen molar-refractivity contribution in [3.05, 3.63) is 152 Å². The van der Waals surface area contributed by atoms with Crippen molar-refractivity contribution >= 4 is 47.9 Å². The first-order valence-electron chi connectivity index (χ1n) is 16.6. The SMILES string of the molecule is CC1(C)OB(c2cccc([N+](=O)[O-])c2)OC1(C)C.O=[N+]([O-])c1cccc([18F])c1.[C-]#[N+]c1ccc(B2OC(C)(C)C(C)(C)O2)cc1.[C-]#[N+]c1ccc([18F])cc1. The predicted molar refractivity (Wildman–Crippen MR) is 203 cm³/mol. The molecular weight excluding hydrogens is 698 g/mol. The molecule has 2 fully saturated rings. The lowest BCUT2D eigenvalue weighted by molar-refractivity contribution is -0.385. The lowest BCUT2D eigenvalue weighted by Gasteiger charge is -2.32. The van der Waals surface area contributed by atoms with Crippen LogP contribution in [0.15, 0.2) is 97.1 Å². The quantitative estimate of drug-likeness (QED) is 0.0881. The van der Waals surface area contributed by atoms with Crippen molar-refractivity contribution in [2.24, 2.45) is 0 Å². The molecule has 2 aliphatic heterocycles. The van der Waals surface area contributed by atoms with Crippen LogP contribution in [0.5, 0.6) is 0 Å². The largest absolute Gasteiger partial charge is 0.495 e. The molecule has 0 N–H and O–H groups in total. The molecule has 2 heterocycles. The minimum atomic E-state index is -0.636. The fourth-order valence-corrected chi connectivity index (χ4v) is 4.55. The summed E-state index contributed by atoms with van der Waals surface area (Å²) in [6.07, 6.45) is 0. The summed E-state index contributed by atoms with van der Waals surface area (Å²) in [5.41, 5.74) is 1.01. The number of halogens is 2. The van der Waals surface area contributed by atoms with E-state index in [1.54, 1.807) is 24.3 Å². The van der Waals surface area contributed by atoms with Gasteiger partial charge < -0.3 is 18.6 Å². The minimum Gasteiger partial charge on any atom is -0.399 e. The van der Waals surface area contributed by atoms with E-state index in [-0.39, 0.29) is 35.5 Å². The first-order valence-corrected chi connectivity index (χ1v) is 16.6. The Balaban J connectivity index is 0.000000202. The highest BCUT2D eigenvalue weighted by atomic mass is 18.2. The van der Waals surface area contributed by atoms with Crippen molar-refractivity contribution in [2.45, 2.75) is 77.8 Å². The number of hydrogen-bond acceptors (Lipinski definition) is 8. The first kappa shape index (κ1) is 42.9. The van der Waals surface area contributed by atoms with Gasteiger partial charge >= 0.3 is 14.2 Å². The predicted octanol–water partition coefficient (Wildman–Crippen LogP) is 8.54. The molecule has 0 saturated carbocycles. The van der Waals surface area contributed by atoms with Crippen LogP contribution in [0.25, 0.3) is 9.69 Å². The fraction of sp³-hybridized carbons (Fsp3) is 0.316. The van der Waals surface area contributed by atoms with Crippen molar-refractivity contribution in [3.63, 3.8) is 0 Å². The van der Waals surface area contributed by atoms with E-state index in [0.29, 0.717) is 16.8 Å². The Bertz CT molecular complexity index is 1980. The third-order valence-corrected chi connectivity index (χ3v) is 9.13. The highest BCUT2D eigenvalue weighted by Crippen LogP contribution is 2.37. The minimum absolute atomic E-state index is 0.0437. The van der Waals surface area contributed by atoms with E-state index >= 15 is 0 Å². The van der Waals surface area contributed by atoms with E-state index in [9.17, 15) is 29.0 Å². The van der Waals surface area contributed by atoms with Crippen molar-refractivity contribution in [1.29, 1.82) is 0 Å². The fourth-order valence-electron chi connectivity index (χ4n) is 4.55. The topological polar surface area (TPSA) is 132 Å². The standard InChI is InChI=1S/C13H16BNO2.C12H16BNO4.C7H4FN.C6H4FNO2/c1-12(2)13(3,4)17-14(16-12)10-6-8-11(15-5)9-7-10;1-11(2)12(3,4)18-13(17-11)9-6-5-7-10(8-9)14(15)16;1-9-7-4-2-6(8)3-5-7;7-5-2-1-3-6(4-5)8(9)10/h6-9H,1-4H3;5-8H,1-4H3;2-5H;1-4H/i;;8-1;7-1. The number of benzene rings is 4. The van der Waals surface area contributed by atoms with Crippen molar-refractivity contribution in [3.8, 4) is 0 Å². The number of nitrogens with zero attached hydrogens (tertiary/aromatic N) is 4. The van der Waals surface area contributed by atoms with E-state index in [0.717, 1.165) is 17.6 Å². The maximum absolute atomic E-state index is 12.2. The monoisotopic (exact) mass is 738 g/mol. The highest BCUT2D eigenvalue weighted by molar-refractivity contribution is 6.62. The number of nitro groups is 2. The Labute approximate surface area is 314 Å². The van der Waals surface area contributed by atoms with Gasteiger partial charge in [-0.25, -0.2) is 18.5 Å². The molecule has 4 aromatic carbocycles. The Morgan fingerprint density at radius 3 is 1.28 bits per heavy atom. The molecule has 280 valence electrons. The zero-order chi connectivity index (χ0) is 40.5. The molecule has 0 spiro atoms. The zero-order valence-electron chi connectivity index (χ0n) is 31.2. The molecule has 0 aromatic heterocycles. The number of non-ortho nitro benzene ring substituents is 2. The Hall–Kier alpha value is -5.51. The molecule has 4 aromatic rings. The molecule has 54 heavy (non-hydrogen) atoms. The summed E-state index contributed by atoms with van der Waals surface area (Å²) in [6, 6.07) is 23.7. The second kappa shape index (κ2) is 17.5. The lowest BCUT2D eigenvalue weighted by Crippen LogP contribution is -2.41. The van der Waals surface area contributed by atoms with E-state index in [4.69, 9.17) is 31.8 Å². The normalized spacial score (nSPS) is 16.8. The third kappa shape index (κ3) is 11.2. The second-order valence-electron chi connectivity index (χ2n) is 14.1. The van der Waals surface area contributed by atoms with Gasteiger partial charge in [0.1, 0.15) is 11.6 Å². The lowest BCUT2D eigenvalue weighted by atomic mass is 9.79. The Morgan fingerprint density at radius 1 is 0.537 bits per heavy atom. The van der Waals surface area contributed by atoms with Gasteiger partial charge in [0, 0.05) is 18.2 Å². The van der Waals surface area contributed by atoms with Crippen LogP contribution in [0.1, 0.15) is 55.4 Å². The first-order chi connectivity index (χ1) is 25.1. The van der Waals surface area contributed by atoms with Gasteiger partial charge in [-0.05, 0) is 84.5 Å². The van der Waals surface area contributed by atoms with Crippen LogP contribution in [0.4, 0.5) is 31.5 Å². The molecule has 0 radical (unpaired) electrons. The number of rotatable bonds is 4. The average molecular weight is 738 g/mol. The average Bonchev–Trinajstić information content (AvgIpc) is 3.48. The van der Waals surface area contributed by atoms with Crippen LogP contribution < -0.4 is 10.9 Å². The van der Waals surface area contributed by atoms with Crippen LogP contribution >= 0.6 is 0 Å². The molecule has 16 heteroatoms. The van der Waals surface area contributed by atoms with Gasteiger partial charge in [0.05, 0.1) is 51.5 Å². The van der Waals surface area contributed by atoms with E-state index < -0.39 is 34.0 Å². The molecule has 2 aliphatic rings. The molecule has 0 unspecified atom stereocenters. The third-order valence-electron chi connectivity index (χ3n) is 9.13. The van der Waals surface area contributed by atoms with Gasteiger partial charge in [-0.2, -0.15) is 0 Å². The summed E-state index contributed by atoms with van der Waals surface area (Å²) >= 11 is 0. The Morgan fingerprint density at radius 2 is 0.907 bits per heavy atom. The van der Waals surface area contributed by atoms with Gasteiger partial charge in [0.2, 0.25) is 0 Å².